The van der Waals surface area contributed by atoms with Gasteiger partial charge in [0.2, 0.25) is 17.7 Å². The highest BCUT2D eigenvalue weighted by molar-refractivity contribution is 5.79. The van der Waals surface area contributed by atoms with Crippen molar-refractivity contribution in [3.8, 4) is 0 Å². The second-order valence-electron chi connectivity index (χ2n) is 6.43. The van der Waals surface area contributed by atoms with Crippen molar-refractivity contribution in [1.29, 1.82) is 0 Å². The molecule has 0 aromatic carbocycles. The lowest BCUT2D eigenvalue weighted by Crippen LogP contribution is -2.39. The van der Waals surface area contributed by atoms with Gasteiger partial charge in [-0.3, -0.25) is 4.79 Å². The van der Waals surface area contributed by atoms with E-state index < -0.39 is 0 Å². The Morgan fingerprint density at radius 3 is 2.75 bits per heavy atom. The van der Waals surface area contributed by atoms with Crippen LogP contribution in [0.15, 0.2) is 4.42 Å². The van der Waals surface area contributed by atoms with Gasteiger partial charge in [0.15, 0.2) is 0 Å². The summed E-state index contributed by atoms with van der Waals surface area (Å²) in [6.07, 6.45) is 4.16. The van der Waals surface area contributed by atoms with Gasteiger partial charge in [0.25, 0.3) is 0 Å². The van der Waals surface area contributed by atoms with Crippen LogP contribution in [0.2, 0.25) is 0 Å². The third kappa shape index (κ3) is 5.25. The van der Waals surface area contributed by atoms with E-state index in [1.165, 1.54) is 0 Å². The molecule has 0 saturated carbocycles. The van der Waals surface area contributed by atoms with E-state index in [-0.39, 0.29) is 30.4 Å². The van der Waals surface area contributed by atoms with Crippen molar-refractivity contribution in [1.82, 2.24) is 20.8 Å². The summed E-state index contributed by atoms with van der Waals surface area (Å²) in [6, 6.07) is -0.300. The van der Waals surface area contributed by atoms with Crippen molar-refractivity contribution in [2.24, 2.45) is 11.7 Å². The van der Waals surface area contributed by atoms with Crippen LogP contribution in [0.5, 0.6) is 0 Å². The number of piperidine rings is 1. The predicted octanol–water partition coefficient (Wildman–Crippen LogP) is 0.451. The number of amides is 1. The van der Waals surface area contributed by atoms with Gasteiger partial charge in [-0.25, -0.2) is 0 Å². The van der Waals surface area contributed by atoms with Crippen LogP contribution >= 0.6 is 0 Å². The lowest BCUT2D eigenvalue weighted by Gasteiger charge is -2.24. The first-order valence-corrected chi connectivity index (χ1v) is 8.81. The van der Waals surface area contributed by atoms with Crippen LogP contribution in [0.1, 0.15) is 62.8 Å². The summed E-state index contributed by atoms with van der Waals surface area (Å²) in [7, 11) is 0. The number of carbonyl (C=O) groups excluding carboxylic acids is 1. The van der Waals surface area contributed by atoms with Crippen LogP contribution in [-0.2, 0) is 4.79 Å². The van der Waals surface area contributed by atoms with Gasteiger partial charge >= 0.3 is 0 Å². The van der Waals surface area contributed by atoms with E-state index in [0.717, 1.165) is 38.8 Å². The molecule has 24 heavy (non-hydrogen) atoms. The first-order valence-electron chi connectivity index (χ1n) is 8.81. The highest BCUT2D eigenvalue weighted by Crippen LogP contribution is 2.23. The summed E-state index contributed by atoms with van der Waals surface area (Å²) >= 11 is 0. The zero-order valence-corrected chi connectivity index (χ0v) is 14.3. The Morgan fingerprint density at radius 1 is 1.38 bits per heavy atom. The number of carbonyl (C=O) groups is 1. The van der Waals surface area contributed by atoms with E-state index in [4.69, 9.17) is 10.2 Å². The number of nitrogens with one attached hydrogen (secondary N) is 2. The predicted molar refractivity (Wildman–Crippen MR) is 89.2 cm³/mol. The Balaban J connectivity index is 2.02. The van der Waals surface area contributed by atoms with E-state index in [1.807, 2.05) is 6.92 Å². The number of nitrogens with zero attached hydrogens (tertiary/aromatic N) is 2. The van der Waals surface area contributed by atoms with Crippen molar-refractivity contribution in [2.45, 2.75) is 51.0 Å². The molecule has 5 N–H and O–H groups in total. The molecule has 1 fully saturated rings. The molecule has 2 rings (SSSR count). The Bertz CT molecular complexity index is 502. The Morgan fingerprint density at radius 2 is 2.08 bits per heavy atom. The average Bonchev–Trinajstić information content (AvgIpc) is 3.11. The minimum absolute atomic E-state index is 0.0296. The molecule has 1 aromatic heterocycles. The Kier molecular flexibility index (Phi) is 7.61. The minimum Gasteiger partial charge on any atom is -0.423 e. The molecule has 1 saturated heterocycles. The van der Waals surface area contributed by atoms with Crippen molar-refractivity contribution in [2.75, 3.05) is 26.2 Å². The third-order valence-electron chi connectivity index (χ3n) is 4.42. The number of hydrogen-bond acceptors (Lipinski definition) is 7. The lowest BCUT2D eigenvalue weighted by molar-refractivity contribution is -0.126. The maximum absolute atomic E-state index is 12.5. The zero-order chi connectivity index (χ0) is 17.4. The highest BCUT2D eigenvalue weighted by Gasteiger charge is 2.27. The molecule has 1 aromatic rings. The first-order chi connectivity index (χ1) is 11.7. The van der Waals surface area contributed by atoms with Crippen LogP contribution in [0.3, 0.4) is 0 Å². The second kappa shape index (κ2) is 9.71. The van der Waals surface area contributed by atoms with Crippen LogP contribution in [0.4, 0.5) is 0 Å². The number of aliphatic hydroxyl groups is 1. The van der Waals surface area contributed by atoms with Gasteiger partial charge in [0.05, 0.1) is 12.5 Å². The number of aromatic nitrogens is 2. The normalized spacial score (nSPS) is 18.3. The summed E-state index contributed by atoms with van der Waals surface area (Å²) in [4.78, 5) is 12.5. The van der Waals surface area contributed by atoms with E-state index in [0.29, 0.717) is 24.7 Å². The van der Waals surface area contributed by atoms with Gasteiger partial charge in [0.1, 0.15) is 6.04 Å². The van der Waals surface area contributed by atoms with Gasteiger partial charge in [-0.2, -0.15) is 0 Å². The molecule has 1 amide bonds. The van der Waals surface area contributed by atoms with Gasteiger partial charge in [-0.15, -0.1) is 10.2 Å². The van der Waals surface area contributed by atoms with Crippen LogP contribution in [0, 0.1) is 5.92 Å². The molecule has 1 aliphatic rings. The summed E-state index contributed by atoms with van der Waals surface area (Å²) in [5, 5.41) is 23.6. The Labute approximate surface area is 142 Å². The largest absolute Gasteiger partial charge is 0.423 e. The molecule has 1 unspecified atom stereocenters. The zero-order valence-electron chi connectivity index (χ0n) is 14.3. The molecule has 0 bridgehead atoms. The standard InChI is InChI=1S/C16H29N5O3/c1-11(10-22)15-20-21-16(24-15)13(4-2-3-7-17)19-14(23)12-5-8-18-9-6-12/h11-13,18,22H,2-10,17H2,1H3,(H,19,23)/t11?,13-/m0/s1. The summed E-state index contributed by atoms with van der Waals surface area (Å²) in [5.41, 5.74) is 5.56. The average molecular weight is 339 g/mol. The molecule has 2 atom stereocenters. The van der Waals surface area contributed by atoms with Gasteiger partial charge in [-0.1, -0.05) is 6.92 Å². The minimum atomic E-state index is -0.300. The van der Waals surface area contributed by atoms with Gasteiger partial charge in [0, 0.05) is 5.92 Å². The molecule has 2 heterocycles. The molecule has 8 heteroatoms. The topological polar surface area (TPSA) is 126 Å². The molecule has 0 aliphatic carbocycles. The number of aliphatic hydroxyl groups excluding tert-OH is 1. The maximum Gasteiger partial charge on any atom is 0.238 e. The van der Waals surface area contributed by atoms with Crippen LogP contribution in [-0.4, -0.2) is 47.5 Å². The van der Waals surface area contributed by atoms with E-state index in [9.17, 15) is 9.90 Å². The van der Waals surface area contributed by atoms with Crippen molar-refractivity contribution < 1.29 is 14.3 Å². The third-order valence-corrected chi connectivity index (χ3v) is 4.42. The summed E-state index contributed by atoms with van der Waals surface area (Å²) in [6.45, 7) is 4.12. The molecule has 136 valence electrons. The fourth-order valence-electron chi connectivity index (χ4n) is 2.79. The SMILES string of the molecule is CC(CO)c1nnc([C@H](CCCCN)NC(=O)C2CCNCC2)o1. The monoisotopic (exact) mass is 339 g/mol. The lowest BCUT2D eigenvalue weighted by atomic mass is 9.96. The Hall–Kier alpha value is -1.51. The summed E-state index contributed by atoms with van der Waals surface area (Å²) < 4.78 is 5.68. The fourth-order valence-corrected chi connectivity index (χ4v) is 2.79. The van der Waals surface area contributed by atoms with Gasteiger partial charge in [-0.05, 0) is 51.7 Å². The highest BCUT2D eigenvalue weighted by atomic mass is 16.4. The smallest absolute Gasteiger partial charge is 0.238 e. The van der Waals surface area contributed by atoms with E-state index >= 15 is 0 Å². The number of rotatable bonds is 9. The van der Waals surface area contributed by atoms with Crippen molar-refractivity contribution in [3.05, 3.63) is 11.8 Å². The molecular formula is C16H29N5O3. The molecule has 0 radical (unpaired) electrons. The van der Waals surface area contributed by atoms with E-state index in [2.05, 4.69) is 20.8 Å². The van der Waals surface area contributed by atoms with Crippen molar-refractivity contribution >= 4 is 5.91 Å². The summed E-state index contributed by atoms with van der Waals surface area (Å²) in [5.74, 6) is 0.666. The van der Waals surface area contributed by atoms with Crippen LogP contribution in [0.25, 0.3) is 0 Å². The second-order valence-corrected chi connectivity index (χ2v) is 6.43. The number of nitrogens with two attached hydrogens (primary N) is 1. The number of hydrogen-bond donors (Lipinski definition) is 4. The first kappa shape index (κ1) is 18.8. The van der Waals surface area contributed by atoms with Crippen molar-refractivity contribution in [3.63, 3.8) is 0 Å². The van der Waals surface area contributed by atoms with Gasteiger partial charge < -0.3 is 25.9 Å². The number of unbranched alkanes of at least 4 members (excludes halogenated alkanes) is 1. The molecule has 8 nitrogen and oxygen atoms in total. The maximum atomic E-state index is 12.5. The van der Waals surface area contributed by atoms with E-state index in [1.54, 1.807) is 0 Å². The van der Waals surface area contributed by atoms with Crippen LogP contribution < -0.4 is 16.4 Å². The molecule has 1 aliphatic heterocycles. The quantitative estimate of drug-likeness (QED) is 0.481. The molecule has 0 spiro atoms. The molecular weight excluding hydrogens is 310 g/mol. The fraction of sp³-hybridized carbons (Fsp3) is 0.812.